The van der Waals surface area contributed by atoms with E-state index < -0.39 is 11.2 Å². The zero-order chi connectivity index (χ0) is 11.7. The number of hydrogen-bond acceptors (Lipinski definition) is 3. The van der Waals surface area contributed by atoms with Gasteiger partial charge in [-0.05, 0) is 46.1 Å². The van der Waals surface area contributed by atoms with Crippen molar-refractivity contribution >= 4 is 12.9 Å². The standard InChI is InChI=1S/C11H19BO3/c1-8-9(6-7-14-8)12-15-11(4,5)10(2,3)13/h6-7,12-13H,1-5H3. The van der Waals surface area contributed by atoms with E-state index in [1.54, 1.807) is 20.1 Å². The van der Waals surface area contributed by atoms with Crippen LogP contribution in [0.1, 0.15) is 33.5 Å². The van der Waals surface area contributed by atoms with Crippen molar-refractivity contribution in [3.8, 4) is 0 Å². The van der Waals surface area contributed by atoms with Gasteiger partial charge < -0.3 is 14.2 Å². The molecule has 3 nitrogen and oxygen atoms in total. The molecule has 0 aliphatic rings. The van der Waals surface area contributed by atoms with E-state index in [1.807, 2.05) is 26.8 Å². The lowest BCUT2D eigenvalue weighted by atomic mass is 9.83. The molecule has 0 aliphatic heterocycles. The molecule has 1 rings (SSSR count). The van der Waals surface area contributed by atoms with Gasteiger partial charge in [0.15, 0.2) is 0 Å². The van der Waals surface area contributed by atoms with E-state index in [0.29, 0.717) is 7.48 Å². The molecule has 0 aromatic carbocycles. The van der Waals surface area contributed by atoms with Crippen LogP contribution in [0.3, 0.4) is 0 Å². The average molecular weight is 210 g/mol. The Hall–Kier alpha value is -0.735. The number of aryl methyl sites for hydroxylation is 1. The first-order valence-electron chi connectivity index (χ1n) is 5.13. The van der Waals surface area contributed by atoms with Gasteiger partial charge in [0.05, 0.1) is 23.2 Å². The Kier molecular flexibility index (Phi) is 3.31. The van der Waals surface area contributed by atoms with Crippen molar-refractivity contribution in [2.24, 2.45) is 0 Å². The van der Waals surface area contributed by atoms with Crippen molar-refractivity contribution in [2.75, 3.05) is 0 Å². The monoisotopic (exact) mass is 210 g/mol. The fourth-order valence-electron chi connectivity index (χ4n) is 0.996. The molecule has 4 heteroatoms. The van der Waals surface area contributed by atoms with Gasteiger partial charge in [0, 0.05) is 0 Å². The number of rotatable bonds is 4. The Morgan fingerprint density at radius 2 is 1.93 bits per heavy atom. The zero-order valence-corrected chi connectivity index (χ0v) is 10.1. The molecule has 0 saturated carbocycles. The van der Waals surface area contributed by atoms with Gasteiger partial charge in [0.25, 0.3) is 0 Å². The molecule has 1 N–H and O–H groups in total. The van der Waals surface area contributed by atoms with E-state index in [-0.39, 0.29) is 0 Å². The summed E-state index contributed by atoms with van der Waals surface area (Å²) in [5, 5.41) is 9.89. The lowest BCUT2D eigenvalue weighted by Crippen LogP contribution is -2.49. The van der Waals surface area contributed by atoms with Crippen LogP contribution in [0.15, 0.2) is 16.7 Å². The maximum atomic E-state index is 9.89. The van der Waals surface area contributed by atoms with Gasteiger partial charge in [0.1, 0.15) is 0 Å². The summed E-state index contributed by atoms with van der Waals surface area (Å²) < 4.78 is 10.9. The molecular formula is C11H19BO3. The molecule has 0 fully saturated rings. The fraction of sp³-hybridized carbons (Fsp3) is 0.636. The smallest absolute Gasteiger partial charge is 0.312 e. The van der Waals surface area contributed by atoms with Crippen LogP contribution in [-0.4, -0.2) is 23.8 Å². The van der Waals surface area contributed by atoms with Gasteiger partial charge in [-0.1, -0.05) is 0 Å². The van der Waals surface area contributed by atoms with Gasteiger partial charge in [-0.15, -0.1) is 0 Å². The predicted molar refractivity (Wildman–Crippen MR) is 61.7 cm³/mol. The van der Waals surface area contributed by atoms with Crippen molar-refractivity contribution in [1.29, 1.82) is 0 Å². The number of furan rings is 1. The van der Waals surface area contributed by atoms with Crippen LogP contribution in [0.5, 0.6) is 0 Å². The summed E-state index contributed by atoms with van der Waals surface area (Å²) in [6.07, 6.45) is 1.64. The maximum absolute atomic E-state index is 9.89. The highest BCUT2D eigenvalue weighted by Gasteiger charge is 2.35. The molecule has 0 unspecified atom stereocenters. The first-order valence-corrected chi connectivity index (χ1v) is 5.13. The molecule has 0 saturated heterocycles. The van der Waals surface area contributed by atoms with Crippen LogP contribution < -0.4 is 5.46 Å². The molecule has 1 aromatic heterocycles. The van der Waals surface area contributed by atoms with E-state index in [2.05, 4.69) is 0 Å². The highest BCUT2D eigenvalue weighted by molar-refractivity contribution is 6.47. The number of hydrogen-bond donors (Lipinski definition) is 1. The minimum absolute atomic E-state index is 0.458. The molecule has 0 atom stereocenters. The average Bonchev–Trinajstić information content (AvgIpc) is 2.46. The quantitative estimate of drug-likeness (QED) is 0.757. The number of aliphatic hydroxyl groups is 1. The van der Waals surface area contributed by atoms with Crippen LogP contribution in [0.2, 0.25) is 0 Å². The Balaban J connectivity index is 2.61. The van der Waals surface area contributed by atoms with Crippen molar-refractivity contribution in [2.45, 2.75) is 45.8 Å². The van der Waals surface area contributed by atoms with Crippen LogP contribution >= 0.6 is 0 Å². The van der Waals surface area contributed by atoms with Crippen LogP contribution in [0.25, 0.3) is 0 Å². The summed E-state index contributed by atoms with van der Waals surface area (Å²) in [5.41, 5.74) is -0.436. The maximum Gasteiger partial charge on any atom is 0.312 e. The second-order valence-corrected chi connectivity index (χ2v) is 4.86. The lowest BCUT2D eigenvalue weighted by Gasteiger charge is -2.37. The minimum Gasteiger partial charge on any atom is -0.470 e. The normalized spacial score (nSPS) is 12.9. The van der Waals surface area contributed by atoms with Crippen LogP contribution in [-0.2, 0) is 4.65 Å². The van der Waals surface area contributed by atoms with Gasteiger partial charge in [-0.25, -0.2) is 0 Å². The Morgan fingerprint density at radius 3 is 2.33 bits per heavy atom. The van der Waals surface area contributed by atoms with Gasteiger partial charge in [-0.2, -0.15) is 0 Å². The van der Waals surface area contributed by atoms with Crippen molar-refractivity contribution in [1.82, 2.24) is 0 Å². The molecule has 0 aliphatic carbocycles. The van der Waals surface area contributed by atoms with Gasteiger partial charge in [0.2, 0.25) is 0 Å². The molecule has 0 amide bonds. The third-order valence-electron chi connectivity index (χ3n) is 3.03. The van der Waals surface area contributed by atoms with E-state index in [1.165, 1.54) is 0 Å². The summed E-state index contributed by atoms with van der Waals surface area (Å²) in [4.78, 5) is 0. The molecule has 1 aromatic rings. The Morgan fingerprint density at radius 1 is 1.33 bits per heavy atom. The van der Waals surface area contributed by atoms with Gasteiger partial charge in [-0.3, -0.25) is 0 Å². The summed E-state index contributed by atoms with van der Waals surface area (Å²) in [5.74, 6) is 0.863. The second-order valence-electron chi connectivity index (χ2n) is 4.86. The predicted octanol–water partition coefficient (Wildman–Crippen LogP) is 1.13. The van der Waals surface area contributed by atoms with Crippen molar-refractivity contribution < 1.29 is 14.2 Å². The minimum atomic E-state index is -0.870. The first-order chi connectivity index (χ1) is 6.74. The van der Waals surface area contributed by atoms with Crippen molar-refractivity contribution in [3.63, 3.8) is 0 Å². The molecule has 0 spiro atoms. The zero-order valence-electron chi connectivity index (χ0n) is 10.1. The molecule has 1 heterocycles. The van der Waals surface area contributed by atoms with Crippen LogP contribution in [0, 0.1) is 6.92 Å². The summed E-state index contributed by atoms with van der Waals surface area (Å²) in [7, 11) is 0.458. The second kappa shape index (κ2) is 4.03. The fourth-order valence-corrected chi connectivity index (χ4v) is 0.996. The topological polar surface area (TPSA) is 42.6 Å². The Bertz CT molecular complexity index is 323. The molecule has 84 valence electrons. The summed E-state index contributed by atoms with van der Waals surface area (Å²) in [6.45, 7) is 9.14. The summed E-state index contributed by atoms with van der Waals surface area (Å²) in [6, 6.07) is 1.88. The Labute approximate surface area is 91.7 Å². The molecule has 15 heavy (non-hydrogen) atoms. The van der Waals surface area contributed by atoms with E-state index in [0.717, 1.165) is 11.2 Å². The summed E-state index contributed by atoms with van der Waals surface area (Å²) >= 11 is 0. The molecule has 0 bridgehead atoms. The molecular weight excluding hydrogens is 191 g/mol. The van der Waals surface area contributed by atoms with Gasteiger partial charge >= 0.3 is 7.48 Å². The highest BCUT2D eigenvalue weighted by atomic mass is 16.5. The highest BCUT2D eigenvalue weighted by Crippen LogP contribution is 2.24. The van der Waals surface area contributed by atoms with E-state index >= 15 is 0 Å². The SMILES string of the molecule is Cc1occc1BOC(C)(C)C(C)(C)O. The first kappa shape index (κ1) is 12.3. The van der Waals surface area contributed by atoms with E-state index in [4.69, 9.17) is 9.07 Å². The van der Waals surface area contributed by atoms with E-state index in [9.17, 15) is 5.11 Å². The third kappa shape index (κ3) is 2.86. The lowest BCUT2D eigenvalue weighted by molar-refractivity contribution is -0.0893. The largest absolute Gasteiger partial charge is 0.470 e. The van der Waals surface area contributed by atoms with Crippen LogP contribution in [0.4, 0.5) is 0 Å². The van der Waals surface area contributed by atoms with Crippen molar-refractivity contribution in [3.05, 3.63) is 18.1 Å². The molecule has 0 radical (unpaired) electrons. The third-order valence-corrected chi connectivity index (χ3v) is 3.03.